The minimum atomic E-state index is -5.12. The lowest BCUT2D eigenvalue weighted by atomic mass is 9.87. The number of benzene rings is 2. The molecule has 2 nitrogen and oxygen atoms in total. The number of hydrogen-bond donors (Lipinski definition) is 1. The first-order valence-corrected chi connectivity index (χ1v) is 9.43. The molecule has 1 heterocycles. The average molecular weight is 454 g/mol. The number of fused-ring (bicyclic) bond motifs is 1. The van der Waals surface area contributed by atoms with E-state index >= 15 is 0 Å². The maximum Gasteiger partial charge on any atom is 0.421 e. The van der Waals surface area contributed by atoms with E-state index in [0.29, 0.717) is 15.1 Å². The summed E-state index contributed by atoms with van der Waals surface area (Å²) >= 11 is 18.6. The molecule has 27 heavy (non-hydrogen) atoms. The number of thiophene rings is 1. The van der Waals surface area contributed by atoms with Crippen LogP contribution in [0.4, 0.5) is 13.2 Å². The van der Waals surface area contributed by atoms with Crippen molar-refractivity contribution in [3.8, 4) is 0 Å². The van der Waals surface area contributed by atoms with E-state index in [1.807, 2.05) is 0 Å². The van der Waals surface area contributed by atoms with Crippen molar-refractivity contribution in [2.24, 2.45) is 0 Å². The molecule has 1 aromatic heterocycles. The maximum absolute atomic E-state index is 13.7. The van der Waals surface area contributed by atoms with E-state index in [2.05, 4.69) is 0 Å². The summed E-state index contributed by atoms with van der Waals surface area (Å²) in [5, 5.41) is 11.2. The molecular weight excluding hydrogens is 444 g/mol. The van der Waals surface area contributed by atoms with Crippen LogP contribution in [0.25, 0.3) is 10.1 Å². The zero-order chi connectivity index (χ0) is 20.0. The second-order valence-corrected chi connectivity index (χ2v) is 8.24. The Kier molecular flexibility index (Phi) is 5.49. The molecule has 2 aromatic carbocycles. The zero-order valence-corrected chi connectivity index (χ0v) is 16.4. The van der Waals surface area contributed by atoms with Crippen molar-refractivity contribution in [3.05, 3.63) is 68.0 Å². The standard InChI is InChI=1S/C18H10Cl3F3O2S/c19-10-4-9(5-11(20)6-10)17(26,18(22,23)24)8-14(25)16-7-12-13(21)2-1-3-15(12)27-16/h1-7,26H,8H2. The van der Waals surface area contributed by atoms with Crippen LogP contribution < -0.4 is 0 Å². The van der Waals surface area contributed by atoms with Crippen molar-refractivity contribution >= 4 is 62.0 Å². The van der Waals surface area contributed by atoms with Crippen LogP contribution in [0, 0.1) is 0 Å². The van der Waals surface area contributed by atoms with E-state index < -0.39 is 29.5 Å². The summed E-state index contributed by atoms with van der Waals surface area (Å²) in [7, 11) is 0. The number of alkyl halides is 3. The number of Topliss-reactive ketones (excluding diaryl/α,β-unsaturated/α-hetero) is 1. The van der Waals surface area contributed by atoms with Crippen molar-refractivity contribution in [1.29, 1.82) is 0 Å². The van der Waals surface area contributed by atoms with Gasteiger partial charge < -0.3 is 5.11 Å². The summed E-state index contributed by atoms with van der Waals surface area (Å²) in [6, 6.07) is 9.54. The van der Waals surface area contributed by atoms with Gasteiger partial charge in [0.1, 0.15) is 0 Å². The van der Waals surface area contributed by atoms with Gasteiger partial charge in [0.2, 0.25) is 0 Å². The molecule has 3 aromatic rings. The van der Waals surface area contributed by atoms with Gasteiger partial charge in [-0.05, 0) is 42.0 Å². The summed E-state index contributed by atoms with van der Waals surface area (Å²) in [6.45, 7) is 0. The number of rotatable bonds is 4. The van der Waals surface area contributed by atoms with Gasteiger partial charge in [0, 0.05) is 25.2 Å². The zero-order valence-electron chi connectivity index (χ0n) is 13.3. The van der Waals surface area contributed by atoms with E-state index in [0.717, 1.165) is 23.5 Å². The van der Waals surface area contributed by atoms with E-state index in [9.17, 15) is 23.1 Å². The van der Waals surface area contributed by atoms with Crippen molar-refractivity contribution in [2.45, 2.75) is 18.2 Å². The largest absolute Gasteiger partial charge is 0.421 e. The lowest BCUT2D eigenvalue weighted by Gasteiger charge is -2.30. The molecule has 1 N–H and O–H groups in total. The second kappa shape index (κ2) is 7.26. The fourth-order valence-corrected chi connectivity index (χ4v) is 4.48. The third-order valence-electron chi connectivity index (χ3n) is 4.01. The number of hydrogen-bond acceptors (Lipinski definition) is 3. The number of halogens is 6. The van der Waals surface area contributed by atoms with Gasteiger partial charge >= 0.3 is 6.18 Å². The molecule has 1 atom stereocenters. The first-order valence-electron chi connectivity index (χ1n) is 7.48. The van der Waals surface area contributed by atoms with Crippen molar-refractivity contribution in [2.75, 3.05) is 0 Å². The molecule has 1 unspecified atom stereocenters. The molecule has 0 aliphatic rings. The van der Waals surface area contributed by atoms with Crippen LogP contribution in [0.2, 0.25) is 15.1 Å². The van der Waals surface area contributed by atoms with Gasteiger partial charge in [-0.3, -0.25) is 4.79 Å². The third kappa shape index (κ3) is 3.96. The van der Waals surface area contributed by atoms with Crippen LogP contribution in [-0.4, -0.2) is 17.1 Å². The number of ketones is 1. The van der Waals surface area contributed by atoms with Crippen LogP contribution in [0.5, 0.6) is 0 Å². The highest BCUT2D eigenvalue weighted by molar-refractivity contribution is 7.21. The lowest BCUT2D eigenvalue weighted by Crippen LogP contribution is -2.44. The maximum atomic E-state index is 13.7. The molecule has 0 radical (unpaired) electrons. The minimum Gasteiger partial charge on any atom is -0.376 e. The Morgan fingerprint density at radius 3 is 2.22 bits per heavy atom. The Labute approximate surface area is 171 Å². The van der Waals surface area contributed by atoms with Gasteiger partial charge in [-0.1, -0.05) is 40.9 Å². The monoisotopic (exact) mass is 452 g/mol. The molecule has 0 spiro atoms. The van der Waals surface area contributed by atoms with Crippen molar-refractivity contribution in [1.82, 2.24) is 0 Å². The molecule has 9 heteroatoms. The van der Waals surface area contributed by atoms with Gasteiger partial charge in [0.15, 0.2) is 11.4 Å². The molecule has 0 amide bonds. The second-order valence-electron chi connectivity index (χ2n) is 5.88. The predicted octanol–water partition coefficient (Wildman–Crippen LogP) is 6.88. The van der Waals surface area contributed by atoms with Crippen LogP contribution in [-0.2, 0) is 5.60 Å². The third-order valence-corrected chi connectivity index (χ3v) is 5.92. The van der Waals surface area contributed by atoms with Crippen molar-refractivity contribution in [3.63, 3.8) is 0 Å². The van der Waals surface area contributed by atoms with Crippen LogP contribution >= 0.6 is 46.1 Å². The molecule has 0 fully saturated rings. The first kappa shape index (κ1) is 20.4. The Morgan fingerprint density at radius 2 is 1.67 bits per heavy atom. The molecule has 0 saturated heterocycles. The predicted molar refractivity (Wildman–Crippen MR) is 102 cm³/mol. The fourth-order valence-electron chi connectivity index (χ4n) is 2.64. The summed E-state index contributed by atoms with van der Waals surface area (Å²) in [5.74, 6) is -0.872. The van der Waals surface area contributed by atoms with E-state index in [1.165, 1.54) is 12.1 Å². The van der Waals surface area contributed by atoms with E-state index in [4.69, 9.17) is 34.8 Å². The van der Waals surface area contributed by atoms with Crippen LogP contribution in [0.1, 0.15) is 21.7 Å². The molecule has 0 saturated carbocycles. The lowest BCUT2D eigenvalue weighted by molar-refractivity contribution is -0.264. The van der Waals surface area contributed by atoms with Gasteiger partial charge in [-0.25, -0.2) is 0 Å². The molecule has 3 rings (SSSR count). The Morgan fingerprint density at radius 1 is 1.04 bits per heavy atom. The molecular formula is C18H10Cl3F3O2S. The topological polar surface area (TPSA) is 37.3 Å². The van der Waals surface area contributed by atoms with Gasteiger partial charge in [0.25, 0.3) is 0 Å². The molecule has 0 bridgehead atoms. The highest BCUT2D eigenvalue weighted by Crippen LogP contribution is 2.44. The SMILES string of the molecule is O=C(CC(O)(c1cc(Cl)cc(Cl)c1)C(F)(F)F)c1cc2c(Cl)cccc2s1. The Hall–Kier alpha value is -1.31. The minimum absolute atomic E-state index is 0.0638. The number of carbonyl (C=O) groups excluding carboxylic acids is 1. The number of carbonyl (C=O) groups is 1. The number of aliphatic hydroxyl groups is 1. The molecule has 0 aliphatic heterocycles. The molecule has 142 valence electrons. The Balaban J connectivity index is 2.03. The van der Waals surface area contributed by atoms with Gasteiger partial charge in [0.05, 0.1) is 11.3 Å². The summed E-state index contributed by atoms with van der Waals surface area (Å²) < 4.78 is 41.7. The summed E-state index contributed by atoms with van der Waals surface area (Å²) in [5.41, 5.74) is -4.03. The van der Waals surface area contributed by atoms with Crippen LogP contribution in [0.15, 0.2) is 42.5 Å². The Bertz CT molecular complexity index is 1010. The summed E-state index contributed by atoms with van der Waals surface area (Å²) in [4.78, 5) is 12.6. The van der Waals surface area contributed by atoms with E-state index in [-0.39, 0.29) is 14.9 Å². The van der Waals surface area contributed by atoms with Crippen molar-refractivity contribution < 1.29 is 23.1 Å². The summed E-state index contributed by atoms with van der Waals surface area (Å²) in [6.07, 6.45) is -6.33. The van der Waals surface area contributed by atoms with Gasteiger partial charge in [-0.15, -0.1) is 11.3 Å². The average Bonchev–Trinajstić information content (AvgIpc) is 2.98. The fraction of sp³-hybridized carbons (Fsp3) is 0.167. The normalized spacial score (nSPS) is 14.3. The highest BCUT2D eigenvalue weighted by Gasteiger charge is 2.56. The van der Waals surface area contributed by atoms with Crippen LogP contribution in [0.3, 0.4) is 0 Å². The first-order chi connectivity index (χ1) is 12.5. The van der Waals surface area contributed by atoms with E-state index in [1.54, 1.807) is 18.2 Å². The van der Waals surface area contributed by atoms with Gasteiger partial charge in [-0.2, -0.15) is 13.2 Å². The quantitative estimate of drug-likeness (QED) is 0.437. The smallest absolute Gasteiger partial charge is 0.376 e. The molecule has 0 aliphatic carbocycles. The highest BCUT2D eigenvalue weighted by atomic mass is 35.5.